The Labute approximate surface area is 187 Å². The summed E-state index contributed by atoms with van der Waals surface area (Å²) in [5.41, 5.74) is 0.727. The molecule has 2 aliphatic rings. The Balaban J connectivity index is 1.75. The zero-order chi connectivity index (χ0) is 22.5. The van der Waals surface area contributed by atoms with E-state index >= 15 is 0 Å². The summed E-state index contributed by atoms with van der Waals surface area (Å²) in [7, 11) is 1.53. The highest BCUT2D eigenvalue weighted by atomic mass is 35.5. The number of allylic oxidation sites excluding steroid dienone is 2. The second-order valence-corrected chi connectivity index (χ2v) is 8.29. The number of likely N-dealkylation sites (N-methyl/N-ethyl adjacent to an activating group) is 1. The lowest BCUT2D eigenvalue weighted by Crippen LogP contribution is -2.49. The Bertz CT molecular complexity index is 875. The first-order valence-electron chi connectivity index (χ1n) is 10.6. The van der Waals surface area contributed by atoms with Crippen LogP contribution in [0.2, 0.25) is 5.02 Å². The molecule has 1 aromatic carbocycles. The fourth-order valence-corrected chi connectivity index (χ4v) is 4.53. The molecule has 1 fully saturated rings. The molecule has 1 saturated heterocycles. The molecule has 8 heteroatoms. The summed E-state index contributed by atoms with van der Waals surface area (Å²) in [6, 6.07) is 6.49. The number of nitrogens with one attached hydrogen (secondary N) is 1. The quantitative estimate of drug-likeness (QED) is 0.492. The van der Waals surface area contributed by atoms with E-state index in [1.54, 1.807) is 12.1 Å². The van der Waals surface area contributed by atoms with E-state index in [4.69, 9.17) is 11.6 Å². The highest BCUT2D eigenvalue weighted by Gasteiger charge is 2.47. The number of hydrogen-bond donors (Lipinski definition) is 1. The SMILES string of the molecule is CC[C@@H](C(=O)NC)N(Cc1ccccc1Cl)C(=O)CCN1C(=O)[C@H]2CC=CC[C@H]2C1=O. The van der Waals surface area contributed by atoms with E-state index in [0.717, 1.165) is 5.56 Å². The summed E-state index contributed by atoms with van der Waals surface area (Å²) < 4.78 is 0. The van der Waals surface area contributed by atoms with Gasteiger partial charge >= 0.3 is 0 Å². The summed E-state index contributed by atoms with van der Waals surface area (Å²) in [5.74, 6) is -1.62. The van der Waals surface area contributed by atoms with Gasteiger partial charge in [-0.15, -0.1) is 0 Å². The molecule has 166 valence electrons. The van der Waals surface area contributed by atoms with Gasteiger partial charge in [0.25, 0.3) is 0 Å². The van der Waals surface area contributed by atoms with Gasteiger partial charge in [0.15, 0.2) is 0 Å². The van der Waals surface area contributed by atoms with Crippen molar-refractivity contribution in [3.63, 3.8) is 0 Å². The normalized spacial score (nSPS) is 21.1. The van der Waals surface area contributed by atoms with Gasteiger partial charge in [-0.05, 0) is 30.9 Å². The maximum Gasteiger partial charge on any atom is 0.242 e. The molecule has 1 N–H and O–H groups in total. The fourth-order valence-electron chi connectivity index (χ4n) is 4.34. The molecule has 1 heterocycles. The van der Waals surface area contributed by atoms with Crippen LogP contribution in [0.4, 0.5) is 0 Å². The molecule has 0 spiro atoms. The third-order valence-electron chi connectivity index (χ3n) is 6.08. The lowest BCUT2D eigenvalue weighted by atomic mass is 9.85. The van der Waals surface area contributed by atoms with Gasteiger partial charge in [0.1, 0.15) is 6.04 Å². The summed E-state index contributed by atoms with van der Waals surface area (Å²) in [6.07, 6.45) is 5.37. The average Bonchev–Trinajstić information content (AvgIpc) is 3.03. The summed E-state index contributed by atoms with van der Waals surface area (Å²) in [6.45, 7) is 2.02. The minimum atomic E-state index is -0.675. The monoisotopic (exact) mass is 445 g/mol. The van der Waals surface area contributed by atoms with Crippen molar-refractivity contribution >= 4 is 35.2 Å². The van der Waals surface area contributed by atoms with Crippen molar-refractivity contribution in [3.05, 3.63) is 47.0 Å². The van der Waals surface area contributed by atoms with Crippen LogP contribution < -0.4 is 5.32 Å². The standard InChI is InChI=1S/C23H28ClN3O4/c1-3-19(21(29)25-2)27(14-15-8-4-7-11-18(15)24)20(28)12-13-26-22(30)16-9-5-6-10-17(16)23(26)31/h4-8,11,16-17,19H,3,9-10,12-14H2,1-2H3,(H,25,29)/t16-,17+,19-/m0/s1. The number of imide groups is 1. The highest BCUT2D eigenvalue weighted by molar-refractivity contribution is 6.31. The lowest BCUT2D eigenvalue weighted by molar-refractivity contribution is -0.144. The Morgan fingerprint density at radius 2 is 1.77 bits per heavy atom. The Morgan fingerprint density at radius 1 is 1.16 bits per heavy atom. The molecule has 7 nitrogen and oxygen atoms in total. The van der Waals surface area contributed by atoms with Crippen molar-refractivity contribution in [3.8, 4) is 0 Å². The first-order chi connectivity index (χ1) is 14.9. The summed E-state index contributed by atoms with van der Waals surface area (Å²) in [5, 5.41) is 3.11. The molecule has 0 aromatic heterocycles. The number of benzene rings is 1. The van der Waals surface area contributed by atoms with Gasteiger partial charge in [-0.2, -0.15) is 0 Å². The summed E-state index contributed by atoms with van der Waals surface area (Å²) in [4.78, 5) is 53.7. The van der Waals surface area contributed by atoms with Crippen LogP contribution in [-0.4, -0.2) is 53.1 Å². The van der Waals surface area contributed by atoms with Crippen LogP contribution in [0, 0.1) is 11.8 Å². The second kappa shape index (κ2) is 10.1. The van der Waals surface area contributed by atoms with Crippen LogP contribution in [0.1, 0.15) is 38.2 Å². The molecule has 1 aliphatic heterocycles. The van der Waals surface area contributed by atoms with E-state index < -0.39 is 6.04 Å². The van der Waals surface area contributed by atoms with Crippen molar-refractivity contribution in [2.45, 2.75) is 45.2 Å². The predicted octanol–water partition coefficient (Wildman–Crippen LogP) is 2.53. The van der Waals surface area contributed by atoms with Gasteiger partial charge in [0, 0.05) is 31.6 Å². The number of carbonyl (C=O) groups excluding carboxylic acids is 4. The van der Waals surface area contributed by atoms with Crippen molar-refractivity contribution in [2.75, 3.05) is 13.6 Å². The third kappa shape index (κ3) is 4.82. The Kier molecular flexibility index (Phi) is 7.49. The predicted molar refractivity (Wildman–Crippen MR) is 117 cm³/mol. The van der Waals surface area contributed by atoms with Gasteiger partial charge in [-0.3, -0.25) is 24.1 Å². The van der Waals surface area contributed by atoms with Gasteiger partial charge in [-0.25, -0.2) is 0 Å². The average molecular weight is 446 g/mol. The van der Waals surface area contributed by atoms with Crippen LogP contribution in [0.5, 0.6) is 0 Å². The number of amides is 4. The minimum Gasteiger partial charge on any atom is -0.357 e. The third-order valence-corrected chi connectivity index (χ3v) is 6.45. The minimum absolute atomic E-state index is 0.0205. The molecular formula is C23H28ClN3O4. The van der Waals surface area contributed by atoms with E-state index in [2.05, 4.69) is 5.32 Å². The molecule has 4 amide bonds. The van der Waals surface area contributed by atoms with E-state index in [9.17, 15) is 19.2 Å². The molecule has 1 aromatic rings. The number of carbonyl (C=O) groups is 4. The molecule has 3 atom stereocenters. The van der Waals surface area contributed by atoms with Crippen LogP contribution >= 0.6 is 11.6 Å². The lowest BCUT2D eigenvalue weighted by Gasteiger charge is -2.31. The maximum atomic E-state index is 13.2. The van der Waals surface area contributed by atoms with E-state index in [0.29, 0.717) is 24.3 Å². The van der Waals surface area contributed by atoms with Crippen molar-refractivity contribution in [1.82, 2.24) is 15.1 Å². The number of fused-ring (bicyclic) bond motifs is 1. The van der Waals surface area contributed by atoms with E-state index in [-0.39, 0.29) is 55.0 Å². The van der Waals surface area contributed by atoms with Crippen molar-refractivity contribution in [1.29, 1.82) is 0 Å². The topological polar surface area (TPSA) is 86.8 Å². The van der Waals surface area contributed by atoms with Crippen LogP contribution in [-0.2, 0) is 25.7 Å². The zero-order valence-electron chi connectivity index (χ0n) is 17.8. The number of halogens is 1. The van der Waals surface area contributed by atoms with Crippen LogP contribution in [0.3, 0.4) is 0 Å². The Hall–Kier alpha value is -2.67. The van der Waals surface area contributed by atoms with Crippen molar-refractivity contribution in [2.24, 2.45) is 11.8 Å². The molecule has 31 heavy (non-hydrogen) atoms. The first kappa shape index (κ1) is 23.0. The van der Waals surface area contributed by atoms with Crippen molar-refractivity contribution < 1.29 is 19.2 Å². The van der Waals surface area contributed by atoms with Gasteiger partial charge in [-0.1, -0.05) is 48.9 Å². The summed E-state index contributed by atoms with van der Waals surface area (Å²) >= 11 is 6.28. The smallest absolute Gasteiger partial charge is 0.242 e. The second-order valence-electron chi connectivity index (χ2n) is 7.89. The number of likely N-dealkylation sites (tertiary alicyclic amines) is 1. The molecule has 3 rings (SSSR count). The molecule has 0 saturated carbocycles. The zero-order valence-corrected chi connectivity index (χ0v) is 18.6. The molecule has 0 radical (unpaired) electrons. The Morgan fingerprint density at radius 3 is 2.32 bits per heavy atom. The molecular weight excluding hydrogens is 418 g/mol. The van der Waals surface area contributed by atoms with Gasteiger partial charge < -0.3 is 10.2 Å². The van der Waals surface area contributed by atoms with E-state index in [1.165, 1.54) is 16.8 Å². The fraction of sp³-hybridized carbons (Fsp3) is 0.478. The van der Waals surface area contributed by atoms with Gasteiger partial charge in [0.05, 0.1) is 11.8 Å². The first-order valence-corrected chi connectivity index (χ1v) is 11.0. The molecule has 0 unspecified atom stereocenters. The van der Waals surface area contributed by atoms with Crippen LogP contribution in [0.25, 0.3) is 0 Å². The number of hydrogen-bond acceptors (Lipinski definition) is 4. The largest absolute Gasteiger partial charge is 0.357 e. The number of rotatable bonds is 8. The highest BCUT2D eigenvalue weighted by Crippen LogP contribution is 2.35. The van der Waals surface area contributed by atoms with Crippen LogP contribution in [0.15, 0.2) is 36.4 Å². The number of nitrogens with zero attached hydrogens (tertiary/aromatic N) is 2. The maximum absolute atomic E-state index is 13.2. The molecule has 1 aliphatic carbocycles. The molecule has 0 bridgehead atoms. The van der Waals surface area contributed by atoms with E-state index in [1.807, 2.05) is 31.2 Å². The van der Waals surface area contributed by atoms with Gasteiger partial charge in [0.2, 0.25) is 23.6 Å².